The molecule has 0 aliphatic heterocycles. The number of carbonyl (C=O) groups excluding carboxylic acids is 1. The van der Waals surface area contributed by atoms with Crippen LogP contribution in [0.3, 0.4) is 0 Å². The molecule has 0 radical (unpaired) electrons. The number of carbonyl (C=O) groups is 1. The zero-order valence-corrected chi connectivity index (χ0v) is 14.0. The predicted octanol–water partition coefficient (Wildman–Crippen LogP) is 4.55. The van der Waals surface area contributed by atoms with Crippen LogP contribution < -0.4 is 0 Å². The average Bonchev–Trinajstić information content (AvgIpc) is 2.97. The number of benzene rings is 1. The monoisotopic (exact) mass is 356 g/mol. The summed E-state index contributed by atoms with van der Waals surface area (Å²) in [5, 5.41) is 11.5. The van der Waals surface area contributed by atoms with E-state index in [4.69, 9.17) is 27.6 Å². The zero-order chi connectivity index (χ0) is 17.1. The van der Waals surface area contributed by atoms with Crippen molar-refractivity contribution in [2.24, 2.45) is 0 Å². The molecule has 1 aromatic heterocycles. The molecule has 6 nitrogen and oxygen atoms in total. The number of rotatable bonds is 5. The molecule has 1 aromatic carbocycles. The lowest BCUT2D eigenvalue weighted by Crippen LogP contribution is -2.36. The van der Waals surface area contributed by atoms with Crippen LogP contribution >= 0.6 is 23.2 Å². The number of halogens is 2. The van der Waals surface area contributed by atoms with E-state index in [1.54, 1.807) is 18.2 Å². The first-order valence-electron chi connectivity index (χ1n) is 6.78. The van der Waals surface area contributed by atoms with Gasteiger partial charge in [-0.05, 0) is 37.6 Å². The number of hydrogen-bond acceptors (Lipinski definition) is 4. The number of nitro groups is 1. The average molecular weight is 357 g/mol. The van der Waals surface area contributed by atoms with Crippen LogP contribution in [0.5, 0.6) is 0 Å². The van der Waals surface area contributed by atoms with E-state index in [1.165, 1.54) is 11.0 Å². The Hall–Kier alpha value is -2.05. The van der Waals surface area contributed by atoms with Gasteiger partial charge >= 0.3 is 5.88 Å². The van der Waals surface area contributed by atoms with Crippen molar-refractivity contribution in [3.8, 4) is 0 Å². The summed E-state index contributed by atoms with van der Waals surface area (Å²) in [6.07, 6.45) is 0. The van der Waals surface area contributed by atoms with Crippen molar-refractivity contribution in [2.75, 3.05) is 0 Å². The molecule has 0 aliphatic rings. The summed E-state index contributed by atoms with van der Waals surface area (Å²) in [6, 6.07) is 7.41. The molecule has 0 N–H and O–H groups in total. The van der Waals surface area contributed by atoms with Crippen LogP contribution in [0.2, 0.25) is 10.0 Å². The van der Waals surface area contributed by atoms with Gasteiger partial charge in [0.05, 0.1) is 16.1 Å². The van der Waals surface area contributed by atoms with Crippen molar-refractivity contribution in [1.29, 1.82) is 0 Å². The molecule has 23 heavy (non-hydrogen) atoms. The Morgan fingerprint density at radius 2 is 1.96 bits per heavy atom. The van der Waals surface area contributed by atoms with Gasteiger partial charge in [0.15, 0.2) is 5.76 Å². The molecule has 8 heteroatoms. The van der Waals surface area contributed by atoms with E-state index in [0.717, 1.165) is 11.6 Å². The van der Waals surface area contributed by atoms with Crippen molar-refractivity contribution in [3.05, 3.63) is 61.8 Å². The summed E-state index contributed by atoms with van der Waals surface area (Å²) < 4.78 is 4.98. The highest BCUT2D eigenvalue weighted by molar-refractivity contribution is 6.42. The lowest BCUT2D eigenvalue weighted by atomic mass is 10.1. The van der Waals surface area contributed by atoms with Crippen LogP contribution in [0.1, 0.15) is 30.0 Å². The fourth-order valence-electron chi connectivity index (χ4n) is 2.01. The summed E-state index contributed by atoms with van der Waals surface area (Å²) in [5.74, 6) is -0.976. The van der Waals surface area contributed by atoms with Gasteiger partial charge in [0.1, 0.15) is 4.92 Å². The van der Waals surface area contributed by atoms with Crippen molar-refractivity contribution < 1.29 is 14.1 Å². The summed E-state index contributed by atoms with van der Waals surface area (Å²) in [6.45, 7) is 3.96. The number of amides is 1. The van der Waals surface area contributed by atoms with Gasteiger partial charge in [-0.15, -0.1) is 0 Å². The Balaban J connectivity index is 2.24. The molecule has 2 aromatic rings. The SMILES string of the molecule is CC(C)N(Cc1ccc(Cl)c(Cl)c1)C(=O)c1ccc([N+](=O)[O-])o1. The highest BCUT2D eigenvalue weighted by Gasteiger charge is 2.24. The Labute approximate surface area is 142 Å². The van der Waals surface area contributed by atoms with Gasteiger partial charge in [-0.1, -0.05) is 29.3 Å². The summed E-state index contributed by atoms with van der Waals surface area (Å²) in [4.78, 5) is 24.0. The lowest BCUT2D eigenvalue weighted by Gasteiger charge is -2.26. The first kappa shape index (κ1) is 17.3. The maximum absolute atomic E-state index is 12.5. The highest BCUT2D eigenvalue weighted by atomic mass is 35.5. The van der Waals surface area contributed by atoms with E-state index >= 15 is 0 Å². The smallest absolute Gasteiger partial charge is 0.395 e. The highest BCUT2D eigenvalue weighted by Crippen LogP contribution is 2.25. The molecule has 0 saturated carbocycles. The van der Waals surface area contributed by atoms with E-state index in [-0.39, 0.29) is 18.3 Å². The minimum atomic E-state index is -0.685. The second-order valence-corrected chi connectivity index (χ2v) is 5.98. The zero-order valence-electron chi connectivity index (χ0n) is 12.5. The molecular formula is C15H14Cl2N2O4. The Bertz CT molecular complexity index is 743. The number of nitrogens with zero attached hydrogens (tertiary/aromatic N) is 2. The second kappa shape index (κ2) is 7.02. The van der Waals surface area contributed by atoms with Crippen LogP contribution in [0, 0.1) is 10.1 Å². The maximum Gasteiger partial charge on any atom is 0.433 e. The third-order valence-electron chi connectivity index (χ3n) is 3.20. The molecule has 2 rings (SSSR count). The van der Waals surface area contributed by atoms with Crippen LogP contribution in [-0.4, -0.2) is 21.8 Å². The van der Waals surface area contributed by atoms with E-state index < -0.39 is 16.7 Å². The standard InChI is InChI=1S/C15H14Cl2N2O4/c1-9(2)18(8-10-3-4-11(16)12(17)7-10)15(20)13-5-6-14(23-13)19(21)22/h3-7,9H,8H2,1-2H3. The Morgan fingerprint density at radius 3 is 2.48 bits per heavy atom. The van der Waals surface area contributed by atoms with E-state index in [9.17, 15) is 14.9 Å². The maximum atomic E-state index is 12.5. The first-order chi connectivity index (χ1) is 10.8. The molecule has 122 valence electrons. The van der Waals surface area contributed by atoms with Crippen LogP contribution in [0.4, 0.5) is 5.88 Å². The van der Waals surface area contributed by atoms with Crippen molar-refractivity contribution >= 4 is 35.0 Å². The fourth-order valence-corrected chi connectivity index (χ4v) is 2.33. The van der Waals surface area contributed by atoms with Crippen molar-refractivity contribution in [3.63, 3.8) is 0 Å². The van der Waals surface area contributed by atoms with Crippen LogP contribution in [0.25, 0.3) is 0 Å². The predicted molar refractivity (Wildman–Crippen MR) is 86.8 cm³/mol. The summed E-state index contributed by atoms with van der Waals surface area (Å²) >= 11 is 11.9. The molecule has 1 amide bonds. The molecule has 0 spiro atoms. The molecule has 0 aliphatic carbocycles. The van der Waals surface area contributed by atoms with Crippen molar-refractivity contribution in [1.82, 2.24) is 4.90 Å². The molecule has 0 bridgehead atoms. The molecule has 0 saturated heterocycles. The van der Waals surface area contributed by atoms with Gasteiger partial charge in [-0.25, -0.2) is 0 Å². The van der Waals surface area contributed by atoms with E-state index in [2.05, 4.69) is 0 Å². The number of hydrogen-bond donors (Lipinski definition) is 0. The molecule has 0 unspecified atom stereocenters. The summed E-state index contributed by atoms with van der Waals surface area (Å²) in [5.41, 5.74) is 0.794. The molecule has 0 atom stereocenters. The van der Waals surface area contributed by atoms with Gasteiger partial charge in [0, 0.05) is 12.6 Å². The third-order valence-corrected chi connectivity index (χ3v) is 3.94. The van der Waals surface area contributed by atoms with E-state index in [1.807, 2.05) is 13.8 Å². The first-order valence-corrected chi connectivity index (χ1v) is 7.54. The van der Waals surface area contributed by atoms with Gasteiger partial charge in [-0.3, -0.25) is 14.9 Å². The second-order valence-electron chi connectivity index (χ2n) is 5.17. The molecule has 1 heterocycles. The fraction of sp³-hybridized carbons (Fsp3) is 0.267. The van der Waals surface area contributed by atoms with Crippen LogP contribution in [-0.2, 0) is 6.54 Å². The minimum Gasteiger partial charge on any atom is -0.395 e. The van der Waals surface area contributed by atoms with Gasteiger partial charge in [0.25, 0.3) is 5.91 Å². The van der Waals surface area contributed by atoms with Gasteiger partial charge < -0.3 is 9.32 Å². The van der Waals surface area contributed by atoms with Crippen molar-refractivity contribution in [2.45, 2.75) is 26.4 Å². The normalized spacial score (nSPS) is 10.8. The Morgan fingerprint density at radius 1 is 1.26 bits per heavy atom. The molecule has 0 fully saturated rings. The quantitative estimate of drug-likeness (QED) is 0.581. The third kappa shape index (κ3) is 4.03. The topological polar surface area (TPSA) is 76.6 Å². The Kier molecular flexibility index (Phi) is 5.28. The largest absolute Gasteiger partial charge is 0.433 e. The summed E-state index contributed by atoms with van der Waals surface area (Å²) in [7, 11) is 0. The lowest BCUT2D eigenvalue weighted by molar-refractivity contribution is -0.402. The van der Waals surface area contributed by atoms with E-state index in [0.29, 0.717) is 10.0 Å². The molecular weight excluding hydrogens is 343 g/mol. The van der Waals surface area contributed by atoms with Crippen LogP contribution in [0.15, 0.2) is 34.7 Å². The minimum absolute atomic E-state index is 0.0783. The van der Waals surface area contributed by atoms with Gasteiger partial charge in [0.2, 0.25) is 0 Å². The number of furan rings is 1. The van der Waals surface area contributed by atoms with Gasteiger partial charge in [-0.2, -0.15) is 0 Å².